The zero-order chi connectivity index (χ0) is 48.7. The number of hydrogen-bond acceptors (Lipinski definition) is 18. The second kappa shape index (κ2) is 17.1. The molecule has 0 aromatic carbocycles. The number of carboxylic acids is 1. The summed E-state index contributed by atoms with van der Waals surface area (Å²) < 4.78 is 42.3. The van der Waals surface area contributed by atoms with Crippen LogP contribution in [0.3, 0.4) is 0 Å². The third kappa shape index (κ3) is 7.29. The van der Waals surface area contributed by atoms with Crippen molar-refractivity contribution in [3.63, 3.8) is 0 Å². The van der Waals surface area contributed by atoms with Gasteiger partial charge in [-0.15, -0.1) is 0 Å². The van der Waals surface area contributed by atoms with E-state index < -0.39 is 122 Å². The van der Waals surface area contributed by atoms with Crippen LogP contribution in [0.15, 0.2) is 11.6 Å². The number of aliphatic hydroxyl groups is 9. The fourth-order valence-corrected chi connectivity index (χ4v) is 15.5. The van der Waals surface area contributed by atoms with Crippen LogP contribution in [0.2, 0.25) is 0 Å². The van der Waals surface area contributed by atoms with Gasteiger partial charge in [-0.1, -0.05) is 46.3 Å². The molecular formula is C48H74O19. The van der Waals surface area contributed by atoms with Crippen molar-refractivity contribution in [3.8, 4) is 0 Å². The van der Waals surface area contributed by atoms with Crippen molar-refractivity contribution in [2.75, 3.05) is 13.2 Å². The lowest BCUT2D eigenvalue weighted by Crippen LogP contribution is -2.68. The summed E-state index contributed by atoms with van der Waals surface area (Å²) in [6, 6.07) is 0. The molecule has 4 saturated carbocycles. The Morgan fingerprint density at radius 2 is 1.36 bits per heavy atom. The highest BCUT2D eigenvalue weighted by atomic mass is 16.8. The second-order valence-electron chi connectivity index (χ2n) is 23.4. The van der Waals surface area contributed by atoms with Gasteiger partial charge < -0.3 is 84.2 Å². The van der Waals surface area contributed by atoms with Crippen LogP contribution in [0, 0.1) is 50.2 Å². The minimum Gasteiger partial charge on any atom is -0.479 e. The molecule has 5 aliphatic carbocycles. The van der Waals surface area contributed by atoms with E-state index in [2.05, 4.69) is 40.7 Å². The number of aliphatic hydroxyl groups excluding tert-OH is 9. The van der Waals surface area contributed by atoms with Crippen molar-refractivity contribution in [3.05, 3.63) is 11.6 Å². The Morgan fingerprint density at radius 3 is 2.01 bits per heavy atom. The van der Waals surface area contributed by atoms with Gasteiger partial charge in [-0.25, -0.2) is 4.79 Å². The first-order chi connectivity index (χ1) is 31.3. The van der Waals surface area contributed by atoms with Gasteiger partial charge in [0.1, 0.15) is 67.1 Å². The van der Waals surface area contributed by atoms with Crippen LogP contribution in [0.25, 0.3) is 0 Å². The molecule has 9 aliphatic rings. The van der Waals surface area contributed by atoms with Crippen molar-refractivity contribution in [1.29, 1.82) is 0 Å². The Bertz CT molecular complexity index is 1940. The molecule has 67 heavy (non-hydrogen) atoms. The zero-order valence-corrected chi connectivity index (χ0v) is 39.5. The highest BCUT2D eigenvalue weighted by Crippen LogP contribution is 2.76. The van der Waals surface area contributed by atoms with Crippen molar-refractivity contribution in [1.82, 2.24) is 0 Å². The quantitative estimate of drug-likeness (QED) is 0.0842. The Balaban J connectivity index is 0.993. The lowest BCUT2D eigenvalue weighted by Gasteiger charge is -2.71. The van der Waals surface area contributed by atoms with Crippen molar-refractivity contribution in [2.45, 2.75) is 211 Å². The molecular weight excluding hydrogens is 881 g/mol. The number of ether oxygens (including phenoxy) is 7. The van der Waals surface area contributed by atoms with E-state index >= 15 is 0 Å². The van der Waals surface area contributed by atoms with Gasteiger partial charge in [0.15, 0.2) is 25.0 Å². The highest BCUT2D eigenvalue weighted by molar-refractivity contribution is 5.79. The third-order valence-corrected chi connectivity index (χ3v) is 20.0. The fourth-order valence-electron chi connectivity index (χ4n) is 15.5. The lowest BCUT2D eigenvalue weighted by atomic mass is 9.33. The van der Waals surface area contributed by atoms with Crippen LogP contribution < -0.4 is 0 Å². The first-order valence-corrected chi connectivity index (χ1v) is 24.4. The highest BCUT2D eigenvalue weighted by Gasteiger charge is 2.71. The van der Waals surface area contributed by atoms with Gasteiger partial charge in [-0.3, -0.25) is 4.79 Å². The number of allylic oxidation sites excluding steroid dienone is 2. The van der Waals surface area contributed by atoms with E-state index in [9.17, 15) is 60.7 Å². The fraction of sp³-hybridized carbons (Fsp3) is 0.917. The standard InChI is InChI=1S/C48H74O19/c1-20-28(51)30(53)34(57)39(61-20)66-36-31(54)29(52)23(18-49)62-40(36)67-37-33(56)32(55)35(38(58)59)65-41(37)63-26-11-12-45(4)24(46(26,5)19-50)10-13-48(7)25(45)9-8-21-22-16-43(2)17-27(64-42(43)60)44(22,3)14-15-47(21,48)6/h8,20,22-37,39-41,49-57H,9-19H2,1-7H3,(H,58,59)/t20-,22-,23+,24+,25+,26-,27+,28-,29-,30+,31-,32-,33-,34+,35-,36+,37+,39-,40-,41+,43+,44+,45-,46+,47+,48+/m0/s1. The van der Waals surface area contributed by atoms with Gasteiger partial charge >= 0.3 is 11.9 Å². The summed E-state index contributed by atoms with van der Waals surface area (Å²) in [5, 5.41) is 108. The van der Waals surface area contributed by atoms with Gasteiger partial charge in [0.2, 0.25) is 0 Å². The predicted molar refractivity (Wildman–Crippen MR) is 229 cm³/mol. The monoisotopic (exact) mass is 954 g/mol. The smallest absolute Gasteiger partial charge is 0.335 e. The summed E-state index contributed by atoms with van der Waals surface area (Å²) >= 11 is 0. The van der Waals surface area contributed by atoms with Crippen molar-refractivity contribution in [2.24, 2.45) is 50.2 Å². The Kier molecular flexibility index (Phi) is 12.8. The Hall–Kier alpha value is -1.92. The Labute approximate surface area is 390 Å². The third-order valence-electron chi connectivity index (χ3n) is 20.0. The van der Waals surface area contributed by atoms with Crippen molar-refractivity contribution < 1.29 is 93.8 Å². The molecule has 4 heterocycles. The molecule has 380 valence electrons. The molecule has 0 aromatic rings. The molecule has 8 fully saturated rings. The maximum Gasteiger partial charge on any atom is 0.335 e. The average Bonchev–Trinajstić information content (AvgIpc) is 3.55. The van der Waals surface area contributed by atoms with Crippen LogP contribution in [0.1, 0.15) is 106 Å². The largest absolute Gasteiger partial charge is 0.479 e. The molecule has 19 heteroatoms. The summed E-state index contributed by atoms with van der Waals surface area (Å²) in [7, 11) is 0. The normalized spacial score (nSPS) is 57.3. The molecule has 10 N–H and O–H groups in total. The molecule has 0 radical (unpaired) electrons. The van der Waals surface area contributed by atoms with E-state index in [-0.39, 0.29) is 58.1 Å². The predicted octanol–water partition coefficient (Wildman–Crippen LogP) is 0.249. The topological polar surface area (TPSA) is 301 Å². The van der Waals surface area contributed by atoms with Crippen LogP contribution in [-0.4, -0.2) is 181 Å². The van der Waals surface area contributed by atoms with E-state index in [0.29, 0.717) is 12.8 Å². The van der Waals surface area contributed by atoms with E-state index in [1.54, 1.807) is 0 Å². The summed E-state index contributed by atoms with van der Waals surface area (Å²) in [5.41, 5.74) is -0.656. The van der Waals surface area contributed by atoms with Crippen LogP contribution in [0.4, 0.5) is 0 Å². The van der Waals surface area contributed by atoms with E-state index in [1.165, 1.54) is 12.5 Å². The molecule has 0 amide bonds. The summed E-state index contributed by atoms with van der Waals surface area (Å²) in [6.07, 6.45) is -17.8. The average molecular weight is 955 g/mol. The molecule has 4 aliphatic heterocycles. The van der Waals surface area contributed by atoms with Crippen LogP contribution >= 0.6 is 0 Å². The molecule has 26 atom stereocenters. The number of carboxylic acid groups (broad SMARTS) is 1. The van der Waals surface area contributed by atoms with Crippen molar-refractivity contribution >= 4 is 11.9 Å². The number of carbonyl (C=O) groups excluding carboxylic acids is 1. The molecule has 4 saturated heterocycles. The number of fused-ring (bicyclic) bond motifs is 10. The summed E-state index contributed by atoms with van der Waals surface area (Å²) in [6.45, 7) is 13.8. The maximum atomic E-state index is 13.2. The number of esters is 1. The van der Waals surface area contributed by atoms with E-state index in [1.807, 2.05) is 6.92 Å². The first-order valence-electron chi connectivity index (χ1n) is 24.4. The number of hydrogen-bond donors (Lipinski definition) is 10. The first kappa shape index (κ1) is 50.0. The van der Waals surface area contributed by atoms with Gasteiger partial charge in [0.25, 0.3) is 0 Å². The minimum absolute atomic E-state index is 0.0790. The SMILES string of the molecule is C[C@@H]1O[C@@H](O[C@H]2[C@H](O[C@H]3[C@H](O[C@H]4CC[C@@]5(C)[C@@H](CC[C@]6(C)[C@@H]5CC=C5[C@@H]7C[C@]8(C)C[C@@H](OC8=O)[C@]7(C)CC[C@]56C)[C@@]4(C)CO)O[C@H](C(=O)O)[C@@H](O)[C@@H]3O)O[C@H](CO)[C@H](O)[C@@H]2O)[C@H](O)[C@H](O)[C@H]1O. The van der Waals surface area contributed by atoms with Crippen LogP contribution in [-0.2, 0) is 42.7 Å². The zero-order valence-electron chi connectivity index (χ0n) is 39.5. The number of rotatable bonds is 9. The number of carbonyl (C=O) groups is 2. The van der Waals surface area contributed by atoms with E-state index in [4.69, 9.17) is 33.2 Å². The van der Waals surface area contributed by atoms with Crippen LogP contribution in [0.5, 0.6) is 0 Å². The maximum absolute atomic E-state index is 13.2. The second-order valence-corrected chi connectivity index (χ2v) is 23.4. The van der Waals surface area contributed by atoms with E-state index in [0.717, 1.165) is 44.9 Å². The molecule has 0 aromatic heterocycles. The molecule has 2 bridgehead atoms. The van der Waals surface area contributed by atoms with Gasteiger partial charge in [-0.2, -0.15) is 0 Å². The van der Waals surface area contributed by atoms with Gasteiger partial charge in [-0.05, 0) is 99.2 Å². The molecule has 19 nitrogen and oxygen atoms in total. The minimum atomic E-state index is -2.08. The number of aliphatic carboxylic acids is 1. The summed E-state index contributed by atoms with van der Waals surface area (Å²) in [4.78, 5) is 25.7. The summed E-state index contributed by atoms with van der Waals surface area (Å²) in [5.74, 6) is -1.34. The molecule has 0 spiro atoms. The lowest BCUT2D eigenvalue weighted by molar-refractivity contribution is -0.396. The molecule has 9 rings (SSSR count). The molecule has 0 unspecified atom stereocenters. The van der Waals surface area contributed by atoms with Gasteiger partial charge in [0, 0.05) is 17.3 Å². The van der Waals surface area contributed by atoms with Gasteiger partial charge in [0.05, 0.1) is 30.8 Å². The Morgan fingerprint density at radius 1 is 0.701 bits per heavy atom.